The van der Waals surface area contributed by atoms with Gasteiger partial charge in [-0.05, 0) is 18.2 Å². The number of halogens is 3. The zero-order valence-electron chi connectivity index (χ0n) is 15.3. The van der Waals surface area contributed by atoms with Gasteiger partial charge in [-0.3, -0.25) is 14.9 Å². The molecular formula is C18H14F3N5O4. The maximum absolute atomic E-state index is 13.7. The highest BCUT2D eigenvalue weighted by molar-refractivity contribution is 5.93. The highest BCUT2D eigenvalue weighted by atomic mass is 19.4. The van der Waals surface area contributed by atoms with Crippen LogP contribution in [0.2, 0.25) is 0 Å². The molecule has 0 N–H and O–H groups in total. The predicted octanol–water partition coefficient (Wildman–Crippen LogP) is 2.80. The molecule has 9 nitrogen and oxygen atoms in total. The van der Waals surface area contributed by atoms with Crippen LogP contribution in [0.1, 0.15) is 16.2 Å². The van der Waals surface area contributed by atoms with E-state index in [-0.39, 0.29) is 28.3 Å². The lowest BCUT2D eigenvalue weighted by atomic mass is 10.1. The second-order valence-corrected chi connectivity index (χ2v) is 6.53. The van der Waals surface area contributed by atoms with E-state index in [0.717, 1.165) is 6.07 Å². The Bertz CT molecular complexity index is 1120. The fraction of sp³-hybridized carbons (Fsp3) is 0.278. The number of rotatable bonds is 3. The molecule has 0 bridgehead atoms. The summed E-state index contributed by atoms with van der Waals surface area (Å²) in [6.07, 6.45) is -4.76. The lowest BCUT2D eigenvalue weighted by molar-refractivity contribution is -0.384. The molecule has 1 aromatic carbocycles. The molecule has 0 spiro atoms. The molecule has 0 atom stereocenters. The van der Waals surface area contributed by atoms with Gasteiger partial charge >= 0.3 is 6.18 Å². The van der Waals surface area contributed by atoms with Crippen molar-refractivity contribution in [3.8, 4) is 11.3 Å². The third-order valence-electron chi connectivity index (χ3n) is 4.61. The summed E-state index contributed by atoms with van der Waals surface area (Å²) >= 11 is 0. The molecule has 30 heavy (non-hydrogen) atoms. The Morgan fingerprint density at radius 1 is 1.13 bits per heavy atom. The Hall–Kier alpha value is -3.54. The van der Waals surface area contributed by atoms with Crippen LogP contribution in [-0.2, 0) is 10.9 Å². The molecule has 1 amide bonds. The summed E-state index contributed by atoms with van der Waals surface area (Å²) in [7, 11) is 0. The summed E-state index contributed by atoms with van der Waals surface area (Å²) in [5.41, 5.74) is -1.41. The first-order valence-corrected chi connectivity index (χ1v) is 8.84. The lowest BCUT2D eigenvalue weighted by Crippen LogP contribution is -2.40. The van der Waals surface area contributed by atoms with Gasteiger partial charge in [-0.1, -0.05) is 0 Å². The molecule has 0 saturated carbocycles. The molecule has 2 aromatic heterocycles. The number of amides is 1. The molecular weight excluding hydrogens is 407 g/mol. The van der Waals surface area contributed by atoms with Gasteiger partial charge in [0.05, 0.1) is 23.8 Å². The number of alkyl halides is 3. The molecule has 1 aliphatic rings. The normalized spacial score (nSPS) is 14.8. The summed E-state index contributed by atoms with van der Waals surface area (Å²) < 4.78 is 46.7. The zero-order chi connectivity index (χ0) is 21.5. The number of nitrogens with zero attached hydrogens (tertiary/aromatic N) is 5. The van der Waals surface area contributed by atoms with E-state index in [4.69, 9.17) is 4.74 Å². The SMILES string of the molecule is O=C(c1cc2nc(-c3ccc([N+](=O)[O-])cc3)cc(C(F)(F)F)n2n1)N1CCOCC1. The van der Waals surface area contributed by atoms with Crippen LogP contribution < -0.4 is 0 Å². The van der Waals surface area contributed by atoms with Crippen LogP contribution in [0.3, 0.4) is 0 Å². The van der Waals surface area contributed by atoms with Crippen molar-refractivity contribution in [2.24, 2.45) is 0 Å². The molecule has 0 unspecified atom stereocenters. The van der Waals surface area contributed by atoms with Gasteiger partial charge in [0.25, 0.3) is 11.6 Å². The third kappa shape index (κ3) is 3.68. The topological polar surface area (TPSA) is 103 Å². The number of hydrogen-bond donors (Lipinski definition) is 0. The van der Waals surface area contributed by atoms with Crippen molar-refractivity contribution < 1.29 is 27.6 Å². The molecule has 3 aromatic rings. The van der Waals surface area contributed by atoms with Gasteiger partial charge in [0.2, 0.25) is 0 Å². The summed E-state index contributed by atoms with van der Waals surface area (Å²) in [5.74, 6) is -0.506. The van der Waals surface area contributed by atoms with Crippen LogP contribution in [0, 0.1) is 10.1 Å². The number of fused-ring (bicyclic) bond motifs is 1. The Morgan fingerprint density at radius 3 is 2.40 bits per heavy atom. The molecule has 1 fully saturated rings. The van der Waals surface area contributed by atoms with Crippen LogP contribution in [0.5, 0.6) is 0 Å². The van der Waals surface area contributed by atoms with Gasteiger partial charge in [-0.15, -0.1) is 0 Å². The van der Waals surface area contributed by atoms with Gasteiger partial charge in [-0.2, -0.15) is 18.3 Å². The average Bonchev–Trinajstić information content (AvgIpc) is 3.16. The quantitative estimate of drug-likeness (QED) is 0.476. The minimum absolute atomic E-state index is 0.0463. The first-order valence-electron chi connectivity index (χ1n) is 8.84. The number of nitro benzene ring substituents is 1. The fourth-order valence-corrected chi connectivity index (χ4v) is 3.11. The van der Waals surface area contributed by atoms with Crippen molar-refractivity contribution in [2.45, 2.75) is 6.18 Å². The highest BCUT2D eigenvalue weighted by Crippen LogP contribution is 2.32. The minimum atomic E-state index is -4.76. The lowest BCUT2D eigenvalue weighted by Gasteiger charge is -2.25. The number of benzene rings is 1. The molecule has 0 radical (unpaired) electrons. The number of non-ortho nitro benzene ring substituents is 1. The smallest absolute Gasteiger partial charge is 0.378 e. The Morgan fingerprint density at radius 2 is 1.80 bits per heavy atom. The van der Waals surface area contributed by atoms with Gasteiger partial charge in [0, 0.05) is 36.9 Å². The van der Waals surface area contributed by atoms with E-state index in [9.17, 15) is 28.1 Å². The maximum atomic E-state index is 13.7. The van der Waals surface area contributed by atoms with E-state index in [1.165, 1.54) is 35.2 Å². The van der Waals surface area contributed by atoms with E-state index < -0.39 is 22.7 Å². The number of ether oxygens (including phenoxy) is 1. The zero-order valence-corrected chi connectivity index (χ0v) is 15.3. The van der Waals surface area contributed by atoms with Crippen LogP contribution in [0.25, 0.3) is 16.9 Å². The second-order valence-electron chi connectivity index (χ2n) is 6.53. The molecule has 0 aliphatic carbocycles. The number of aromatic nitrogens is 3. The number of morpholine rings is 1. The van der Waals surface area contributed by atoms with E-state index in [1.54, 1.807) is 0 Å². The predicted molar refractivity (Wildman–Crippen MR) is 96.8 cm³/mol. The van der Waals surface area contributed by atoms with Crippen molar-refractivity contribution in [3.63, 3.8) is 0 Å². The van der Waals surface area contributed by atoms with Crippen LogP contribution in [0.15, 0.2) is 36.4 Å². The first kappa shape index (κ1) is 19.8. The maximum Gasteiger partial charge on any atom is 0.433 e. The van der Waals surface area contributed by atoms with Crippen molar-refractivity contribution in [2.75, 3.05) is 26.3 Å². The van der Waals surface area contributed by atoms with Crippen molar-refractivity contribution in [1.29, 1.82) is 0 Å². The van der Waals surface area contributed by atoms with Crippen LogP contribution in [-0.4, -0.2) is 56.6 Å². The first-order chi connectivity index (χ1) is 14.2. The largest absolute Gasteiger partial charge is 0.433 e. The molecule has 1 saturated heterocycles. The van der Waals surface area contributed by atoms with Crippen LogP contribution >= 0.6 is 0 Å². The van der Waals surface area contributed by atoms with Gasteiger partial charge in [0.1, 0.15) is 0 Å². The Kier molecular flexibility index (Phi) is 4.86. The van der Waals surface area contributed by atoms with E-state index in [1.807, 2.05) is 0 Å². The third-order valence-corrected chi connectivity index (χ3v) is 4.61. The van der Waals surface area contributed by atoms with Gasteiger partial charge in [0.15, 0.2) is 17.0 Å². The molecule has 12 heteroatoms. The number of carbonyl (C=O) groups is 1. The van der Waals surface area contributed by atoms with Crippen molar-refractivity contribution in [3.05, 3.63) is 57.9 Å². The number of carbonyl (C=O) groups excluding carboxylic acids is 1. The van der Waals surface area contributed by atoms with Gasteiger partial charge in [-0.25, -0.2) is 9.50 Å². The molecule has 1 aliphatic heterocycles. The monoisotopic (exact) mass is 421 g/mol. The molecule has 3 heterocycles. The summed E-state index contributed by atoms with van der Waals surface area (Å²) in [6.45, 7) is 1.32. The summed E-state index contributed by atoms with van der Waals surface area (Å²) in [4.78, 5) is 28.4. The minimum Gasteiger partial charge on any atom is -0.378 e. The van der Waals surface area contributed by atoms with E-state index in [2.05, 4.69) is 10.1 Å². The van der Waals surface area contributed by atoms with Crippen molar-refractivity contribution >= 4 is 17.2 Å². The highest BCUT2D eigenvalue weighted by Gasteiger charge is 2.36. The van der Waals surface area contributed by atoms with Crippen LogP contribution in [0.4, 0.5) is 18.9 Å². The molecule has 4 rings (SSSR count). The Balaban J connectivity index is 1.79. The fourth-order valence-electron chi connectivity index (χ4n) is 3.11. The molecule has 156 valence electrons. The van der Waals surface area contributed by atoms with E-state index in [0.29, 0.717) is 30.8 Å². The second kappa shape index (κ2) is 7.37. The van der Waals surface area contributed by atoms with Gasteiger partial charge < -0.3 is 9.64 Å². The Labute approximate surface area is 166 Å². The number of hydrogen-bond acceptors (Lipinski definition) is 6. The summed E-state index contributed by atoms with van der Waals surface area (Å²) in [5, 5.41) is 14.6. The number of nitro groups is 1. The average molecular weight is 421 g/mol. The van der Waals surface area contributed by atoms with Crippen molar-refractivity contribution in [1.82, 2.24) is 19.5 Å². The van der Waals surface area contributed by atoms with E-state index >= 15 is 0 Å². The summed E-state index contributed by atoms with van der Waals surface area (Å²) in [6, 6.07) is 6.98. The standard InChI is InChI=1S/C18H14F3N5O4/c19-18(20,21)15-9-13(11-1-3-12(4-2-11)26(28)29)22-16-10-14(23-25(15)16)17(27)24-5-7-30-8-6-24/h1-4,9-10H,5-8H2.